The van der Waals surface area contributed by atoms with E-state index in [9.17, 15) is 9.59 Å². The van der Waals surface area contributed by atoms with Crippen LogP contribution in [0.2, 0.25) is 5.02 Å². The van der Waals surface area contributed by atoms with Gasteiger partial charge in [-0.1, -0.05) is 48.0 Å². The van der Waals surface area contributed by atoms with E-state index >= 15 is 0 Å². The lowest BCUT2D eigenvalue weighted by Gasteiger charge is -2.38. The Morgan fingerprint density at radius 2 is 1.68 bits per heavy atom. The monoisotopic (exact) mass is 399 g/mol. The smallest absolute Gasteiger partial charge is 0.239 e. The number of carbonyl (C=O) groups is 2. The highest BCUT2D eigenvalue weighted by Gasteiger charge is 2.40. The molecular formula is C22H26ClN3O2. The highest BCUT2D eigenvalue weighted by Crippen LogP contribution is 2.24. The highest BCUT2D eigenvalue weighted by atomic mass is 35.5. The van der Waals surface area contributed by atoms with Crippen molar-refractivity contribution in [3.8, 4) is 0 Å². The lowest BCUT2D eigenvalue weighted by molar-refractivity contribution is -0.147. The lowest BCUT2D eigenvalue weighted by Crippen LogP contribution is -2.54. The van der Waals surface area contributed by atoms with Crippen molar-refractivity contribution in [2.45, 2.75) is 20.4 Å². The lowest BCUT2D eigenvalue weighted by atomic mass is 9.89. The van der Waals surface area contributed by atoms with Crippen LogP contribution in [-0.4, -0.2) is 47.8 Å². The summed E-state index contributed by atoms with van der Waals surface area (Å²) in [6.45, 7) is 7.07. The summed E-state index contributed by atoms with van der Waals surface area (Å²) in [5.74, 6) is -0.474. The molecule has 1 aliphatic rings. The SMILES string of the molecule is CC(C)(C(=O)Nc1cccc(Cl)c1)C(=O)N1CCN(Cc2ccccc2)CC1. The molecule has 0 aromatic heterocycles. The standard InChI is InChI=1S/C22H26ClN3O2/c1-22(2,20(27)24-19-10-6-9-18(23)15-19)21(28)26-13-11-25(12-14-26)16-17-7-4-3-5-8-17/h3-10,15H,11-14,16H2,1-2H3,(H,24,27). The van der Waals surface area contributed by atoms with Gasteiger partial charge in [0.2, 0.25) is 11.8 Å². The number of rotatable bonds is 5. The van der Waals surface area contributed by atoms with Crippen LogP contribution in [0.3, 0.4) is 0 Å². The van der Waals surface area contributed by atoms with Crippen LogP contribution in [0, 0.1) is 5.41 Å². The van der Waals surface area contributed by atoms with Crippen molar-refractivity contribution in [1.29, 1.82) is 0 Å². The number of carbonyl (C=O) groups excluding carboxylic acids is 2. The van der Waals surface area contributed by atoms with Crippen LogP contribution < -0.4 is 5.32 Å². The summed E-state index contributed by atoms with van der Waals surface area (Å²) in [6.07, 6.45) is 0. The Hall–Kier alpha value is -2.37. The van der Waals surface area contributed by atoms with Crippen LogP contribution in [0.1, 0.15) is 19.4 Å². The summed E-state index contributed by atoms with van der Waals surface area (Å²) in [7, 11) is 0. The fraction of sp³-hybridized carbons (Fsp3) is 0.364. The number of nitrogens with zero attached hydrogens (tertiary/aromatic N) is 2. The van der Waals surface area contributed by atoms with Gasteiger partial charge in [0.25, 0.3) is 0 Å². The summed E-state index contributed by atoms with van der Waals surface area (Å²) in [6, 6.07) is 17.2. The quantitative estimate of drug-likeness (QED) is 0.781. The highest BCUT2D eigenvalue weighted by molar-refractivity contribution is 6.31. The Bertz CT molecular complexity index is 831. The number of benzene rings is 2. The second-order valence-electron chi connectivity index (χ2n) is 7.64. The molecule has 1 aliphatic heterocycles. The average molecular weight is 400 g/mol. The van der Waals surface area contributed by atoms with E-state index in [0.29, 0.717) is 23.8 Å². The number of piperazine rings is 1. The van der Waals surface area contributed by atoms with Crippen molar-refractivity contribution in [2.24, 2.45) is 5.41 Å². The molecular weight excluding hydrogens is 374 g/mol. The molecule has 2 aromatic rings. The molecule has 0 atom stereocenters. The van der Waals surface area contributed by atoms with Gasteiger partial charge in [0.05, 0.1) is 0 Å². The molecule has 1 fully saturated rings. The van der Waals surface area contributed by atoms with Crippen LogP contribution in [0.15, 0.2) is 54.6 Å². The molecule has 2 aromatic carbocycles. The Kier molecular flexibility index (Phi) is 6.37. The molecule has 0 saturated carbocycles. The number of anilines is 1. The zero-order valence-electron chi connectivity index (χ0n) is 16.3. The van der Waals surface area contributed by atoms with Crippen LogP contribution in [0.25, 0.3) is 0 Å². The third kappa shape index (κ3) is 4.91. The van der Waals surface area contributed by atoms with Gasteiger partial charge in [0.15, 0.2) is 0 Å². The summed E-state index contributed by atoms with van der Waals surface area (Å²) < 4.78 is 0. The first-order valence-corrected chi connectivity index (χ1v) is 9.87. The molecule has 5 nitrogen and oxygen atoms in total. The Labute approximate surface area is 171 Å². The average Bonchev–Trinajstić information content (AvgIpc) is 2.69. The maximum Gasteiger partial charge on any atom is 0.239 e. The van der Waals surface area contributed by atoms with Crippen molar-refractivity contribution in [3.05, 3.63) is 65.2 Å². The fourth-order valence-corrected chi connectivity index (χ4v) is 3.49. The first kappa shape index (κ1) is 20.4. The molecule has 1 heterocycles. The number of amides is 2. The predicted molar refractivity (Wildman–Crippen MR) is 112 cm³/mol. The second kappa shape index (κ2) is 8.76. The summed E-state index contributed by atoms with van der Waals surface area (Å²) in [5.41, 5.74) is 0.707. The molecule has 0 aliphatic carbocycles. The largest absolute Gasteiger partial charge is 0.339 e. The molecule has 148 valence electrons. The van der Waals surface area contributed by atoms with E-state index in [2.05, 4.69) is 22.3 Å². The van der Waals surface area contributed by atoms with Crippen LogP contribution in [-0.2, 0) is 16.1 Å². The molecule has 2 amide bonds. The number of hydrogen-bond acceptors (Lipinski definition) is 3. The minimum Gasteiger partial charge on any atom is -0.339 e. The molecule has 0 radical (unpaired) electrons. The Morgan fingerprint density at radius 1 is 1.00 bits per heavy atom. The van der Waals surface area contributed by atoms with Crippen molar-refractivity contribution >= 4 is 29.1 Å². The summed E-state index contributed by atoms with van der Waals surface area (Å²) in [5, 5.41) is 3.34. The number of nitrogens with one attached hydrogen (secondary N) is 1. The van der Waals surface area contributed by atoms with Gasteiger partial charge in [-0.2, -0.15) is 0 Å². The zero-order chi connectivity index (χ0) is 20.1. The summed E-state index contributed by atoms with van der Waals surface area (Å²) >= 11 is 5.97. The van der Waals surface area contributed by atoms with Crippen molar-refractivity contribution in [1.82, 2.24) is 9.80 Å². The Morgan fingerprint density at radius 3 is 2.32 bits per heavy atom. The zero-order valence-corrected chi connectivity index (χ0v) is 17.1. The molecule has 3 rings (SSSR count). The van der Waals surface area contributed by atoms with Gasteiger partial charge in [0, 0.05) is 43.4 Å². The molecule has 0 spiro atoms. The van der Waals surface area contributed by atoms with E-state index in [1.807, 2.05) is 18.2 Å². The molecule has 6 heteroatoms. The topological polar surface area (TPSA) is 52.7 Å². The van der Waals surface area contributed by atoms with Crippen molar-refractivity contribution < 1.29 is 9.59 Å². The maximum absolute atomic E-state index is 13.0. The third-order valence-corrected chi connectivity index (χ3v) is 5.33. The van der Waals surface area contributed by atoms with Crippen LogP contribution in [0.4, 0.5) is 5.69 Å². The van der Waals surface area contributed by atoms with Gasteiger partial charge in [-0.15, -0.1) is 0 Å². The molecule has 28 heavy (non-hydrogen) atoms. The van der Waals surface area contributed by atoms with Crippen molar-refractivity contribution in [2.75, 3.05) is 31.5 Å². The summed E-state index contributed by atoms with van der Waals surface area (Å²) in [4.78, 5) is 29.8. The van der Waals surface area contributed by atoms with Gasteiger partial charge in [-0.05, 0) is 37.6 Å². The van der Waals surface area contributed by atoms with E-state index in [1.165, 1.54) is 5.56 Å². The Balaban J connectivity index is 1.56. The van der Waals surface area contributed by atoms with E-state index in [4.69, 9.17) is 11.6 Å². The number of halogens is 1. The fourth-order valence-electron chi connectivity index (χ4n) is 3.30. The van der Waals surface area contributed by atoms with Gasteiger partial charge in [0.1, 0.15) is 5.41 Å². The van der Waals surface area contributed by atoms with Crippen LogP contribution in [0.5, 0.6) is 0 Å². The predicted octanol–water partition coefficient (Wildman–Crippen LogP) is 3.65. The van der Waals surface area contributed by atoms with Gasteiger partial charge >= 0.3 is 0 Å². The normalized spacial score (nSPS) is 15.3. The van der Waals surface area contributed by atoms with E-state index in [1.54, 1.807) is 43.0 Å². The van der Waals surface area contributed by atoms with Gasteiger partial charge in [-0.25, -0.2) is 0 Å². The first-order chi connectivity index (χ1) is 13.4. The minimum atomic E-state index is -1.15. The van der Waals surface area contributed by atoms with E-state index in [0.717, 1.165) is 19.6 Å². The van der Waals surface area contributed by atoms with Gasteiger partial charge < -0.3 is 10.2 Å². The maximum atomic E-state index is 13.0. The molecule has 0 unspecified atom stereocenters. The van der Waals surface area contributed by atoms with E-state index in [-0.39, 0.29) is 11.8 Å². The number of hydrogen-bond donors (Lipinski definition) is 1. The second-order valence-corrected chi connectivity index (χ2v) is 8.08. The molecule has 1 N–H and O–H groups in total. The third-order valence-electron chi connectivity index (χ3n) is 5.09. The van der Waals surface area contributed by atoms with Crippen molar-refractivity contribution in [3.63, 3.8) is 0 Å². The van der Waals surface area contributed by atoms with Crippen LogP contribution >= 0.6 is 11.6 Å². The molecule has 1 saturated heterocycles. The molecule has 0 bridgehead atoms. The van der Waals surface area contributed by atoms with Gasteiger partial charge in [-0.3, -0.25) is 14.5 Å². The minimum absolute atomic E-state index is 0.147. The van der Waals surface area contributed by atoms with E-state index < -0.39 is 5.41 Å². The first-order valence-electron chi connectivity index (χ1n) is 9.49.